The summed E-state index contributed by atoms with van der Waals surface area (Å²) in [5.41, 5.74) is 0.449. The minimum absolute atomic E-state index is 0.0305. The molecular formula is C12H16BrFN2O3. The number of nitrogens with zero attached hydrogens (tertiary/aromatic N) is 1. The number of carbonyl (C=O) groups is 1. The van der Waals surface area contributed by atoms with E-state index in [2.05, 4.69) is 21.2 Å². The molecule has 0 fully saturated rings. The summed E-state index contributed by atoms with van der Waals surface area (Å²) in [6, 6.07) is 3.74. The van der Waals surface area contributed by atoms with E-state index in [0.717, 1.165) is 0 Å². The molecule has 1 aromatic rings. The number of anilines is 1. The average Bonchev–Trinajstić information content (AvgIpc) is 2.38. The SMILES string of the molecule is O=C(Nc1ccc(F)c(Br)c1)N(CCO)CCCO. The first-order chi connectivity index (χ1) is 9.08. The molecule has 0 atom stereocenters. The highest BCUT2D eigenvalue weighted by Crippen LogP contribution is 2.20. The van der Waals surface area contributed by atoms with E-state index in [0.29, 0.717) is 18.7 Å². The fraction of sp³-hybridized carbons (Fsp3) is 0.417. The normalized spacial score (nSPS) is 10.3. The van der Waals surface area contributed by atoms with Crippen molar-refractivity contribution in [1.82, 2.24) is 4.90 Å². The largest absolute Gasteiger partial charge is 0.396 e. The molecule has 1 aromatic carbocycles. The molecule has 5 nitrogen and oxygen atoms in total. The van der Waals surface area contributed by atoms with Crippen LogP contribution in [-0.4, -0.2) is 47.4 Å². The van der Waals surface area contributed by atoms with Gasteiger partial charge in [-0.3, -0.25) is 0 Å². The molecule has 19 heavy (non-hydrogen) atoms. The zero-order chi connectivity index (χ0) is 14.3. The van der Waals surface area contributed by atoms with Crippen molar-refractivity contribution in [1.29, 1.82) is 0 Å². The standard InChI is InChI=1S/C12H16BrFN2O3/c13-10-8-9(2-3-11(10)14)15-12(19)16(5-7-18)4-1-6-17/h2-3,8,17-18H,1,4-7H2,(H,15,19). The Kier molecular flexibility index (Phi) is 6.75. The topological polar surface area (TPSA) is 72.8 Å². The van der Waals surface area contributed by atoms with E-state index < -0.39 is 11.8 Å². The first kappa shape index (κ1) is 15.9. The summed E-state index contributed by atoms with van der Waals surface area (Å²) >= 11 is 3.03. The maximum Gasteiger partial charge on any atom is 0.321 e. The average molecular weight is 335 g/mol. The van der Waals surface area contributed by atoms with Gasteiger partial charge in [0, 0.05) is 25.4 Å². The number of urea groups is 1. The van der Waals surface area contributed by atoms with Crippen molar-refractivity contribution in [2.24, 2.45) is 0 Å². The lowest BCUT2D eigenvalue weighted by atomic mass is 10.3. The van der Waals surface area contributed by atoms with Gasteiger partial charge in [-0.05, 0) is 40.5 Å². The molecule has 1 rings (SSSR count). The molecule has 0 heterocycles. The predicted molar refractivity (Wildman–Crippen MR) is 73.5 cm³/mol. The van der Waals surface area contributed by atoms with E-state index in [1.54, 1.807) is 0 Å². The van der Waals surface area contributed by atoms with E-state index in [-0.39, 0.29) is 24.2 Å². The minimum atomic E-state index is -0.412. The molecule has 2 amide bonds. The fourth-order valence-electron chi connectivity index (χ4n) is 1.47. The second-order valence-corrected chi connectivity index (χ2v) is 4.70. The van der Waals surface area contributed by atoms with Gasteiger partial charge < -0.3 is 20.4 Å². The van der Waals surface area contributed by atoms with Gasteiger partial charge in [-0.25, -0.2) is 9.18 Å². The number of hydrogen-bond donors (Lipinski definition) is 3. The third kappa shape index (κ3) is 5.14. The van der Waals surface area contributed by atoms with Gasteiger partial charge in [0.25, 0.3) is 0 Å². The van der Waals surface area contributed by atoms with Crippen molar-refractivity contribution in [2.45, 2.75) is 6.42 Å². The van der Waals surface area contributed by atoms with Crippen LogP contribution in [0.15, 0.2) is 22.7 Å². The van der Waals surface area contributed by atoms with E-state index >= 15 is 0 Å². The van der Waals surface area contributed by atoms with Crippen LogP contribution >= 0.6 is 15.9 Å². The Morgan fingerprint density at radius 2 is 2.05 bits per heavy atom. The van der Waals surface area contributed by atoms with Crippen LogP contribution in [0.25, 0.3) is 0 Å². The highest BCUT2D eigenvalue weighted by molar-refractivity contribution is 9.10. The van der Waals surface area contributed by atoms with Crippen LogP contribution in [0, 0.1) is 5.82 Å². The minimum Gasteiger partial charge on any atom is -0.396 e. The molecule has 0 saturated carbocycles. The van der Waals surface area contributed by atoms with Crippen LogP contribution in [0.2, 0.25) is 0 Å². The number of benzene rings is 1. The highest BCUT2D eigenvalue weighted by atomic mass is 79.9. The van der Waals surface area contributed by atoms with Gasteiger partial charge in [0.15, 0.2) is 0 Å². The molecule has 0 bridgehead atoms. The van der Waals surface area contributed by atoms with Crippen molar-refractivity contribution in [3.05, 3.63) is 28.5 Å². The molecule has 0 saturated heterocycles. The molecule has 0 unspecified atom stereocenters. The lowest BCUT2D eigenvalue weighted by molar-refractivity contribution is 0.180. The Labute approximate surface area is 119 Å². The molecule has 0 aliphatic heterocycles. The Hall–Kier alpha value is -1.18. The lowest BCUT2D eigenvalue weighted by Crippen LogP contribution is -2.38. The van der Waals surface area contributed by atoms with Crippen molar-refractivity contribution >= 4 is 27.6 Å². The monoisotopic (exact) mass is 334 g/mol. The van der Waals surface area contributed by atoms with E-state index in [4.69, 9.17) is 10.2 Å². The van der Waals surface area contributed by atoms with E-state index in [1.807, 2.05) is 0 Å². The van der Waals surface area contributed by atoms with Gasteiger partial charge in [-0.15, -0.1) is 0 Å². The number of carbonyl (C=O) groups excluding carboxylic acids is 1. The summed E-state index contributed by atoms with van der Waals surface area (Å²) in [6.07, 6.45) is 0.431. The summed E-state index contributed by atoms with van der Waals surface area (Å²) < 4.78 is 13.3. The molecule has 7 heteroatoms. The van der Waals surface area contributed by atoms with Crippen LogP contribution in [-0.2, 0) is 0 Å². The molecule has 0 aromatic heterocycles. The fourth-order valence-corrected chi connectivity index (χ4v) is 1.85. The van der Waals surface area contributed by atoms with Gasteiger partial charge in [0.2, 0.25) is 0 Å². The van der Waals surface area contributed by atoms with Crippen LogP contribution in [0.5, 0.6) is 0 Å². The van der Waals surface area contributed by atoms with Crippen LogP contribution in [0.4, 0.5) is 14.9 Å². The summed E-state index contributed by atoms with van der Waals surface area (Å²) in [4.78, 5) is 13.3. The van der Waals surface area contributed by atoms with Crippen LogP contribution < -0.4 is 5.32 Å². The van der Waals surface area contributed by atoms with Crippen LogP contribution in [0.1, 0.15) is 6.42 Å². The Bertz CT molecular complexity index is 431. The molecule has 3 N–H and O–H groups in total. The van der Waals surface area contributed by atoms with Gasteiger partial charge in [-0.2, -0.15) is 0 Å². The summed E-state index contributed by atoms with van der Waals surface area (Å²) in [7, 11) is 0. The number of aliphatic hydroxyl groups excluding tert-OH is 2. The Morgan fingerprint density at radius 1 is 1.32 bits per heavy atom. The second kappa shape index (κ2) is 8.08. The Balaban J connectivity index is 2.66. The first-order valence-corrected chi connectivity index (χ1v) is 6.60. The van der Waals surface area contributed by atoms with Gasteiger partial charge in [0.1, 0.15) is 5.82 Å². The smallest absolute Gasteiger partial charge is 0.321 e. The molecule has 0 spiro atoms. The van der Waals surface area contributed by atoms with Gasteiger partial charge >= 0.3 is 6.03 Å². The van der Waals surface area contributed by atoms with Crippen molar-refractivity contribution < 1.29 is 19.4 Å². The summed E-state index contributed by atoms with van der Waals surface area (Å²) in [5.74, 6) is -0.412. The maximum atomic E-state index is 13.1. The van der Waals surface area contributed by atoms with E-state index in [1.165, 1.54) is 23.1 Å². The lowest BCUT2D eigenvalue weighted by Gasteiger charge is -2.21. The third-order valence-corrected chi connectivity index (χ3v) is 3.02. The van der Waals surface area contributed by atoms with Crippen molar-refractivity contribution in [3.8, 4) is 0 Å². The quantitative estimate of drug-likeness (QED) is 0.742. The van der Waals surface area contributed by atoms with E-state index in [9.17, 15) is 9.18 Å². The number of rotatable bonds is 6. The number of nitrogens with one attached hydrogen (secondary N) is 1. The predicted octanol–water partition coefficient (Wildman–Crippen LogP) is 1.80. The third-order valence-electron chi connectivity index (χ3n) is 2.41. The van der Waals surface area contributed by atoms with Crippen molar-refractivity contribution in [3.63, 3.8) is 0 Å². The molecule has 0 radical (unpaired) electrons. The molecule has 0 aliphatic rings. The number of halogens is 2. The molecule has 0 aliphatic carbocycles. The number of aliphatic hydroxyl groups is 2. The zero-order valence-electron chi connectivity index (χ0n) is 10.3. The number of hydrogen-bond acceptors (Lipinski definition) is 3. The van der Waals surface area contributed by atoms with Gasteiger partial charge in [-0.1, -0.05) is 0 Å². The summed E-state index contributed by atoms with van der Waals surface area (Å²) in [5, 5.41) is 20.2. The maximum absolute atomic E-state index is 13.1. The molecular weight excluding hydrogens is 319 g/mol. The van der Waals surface area contributed by atoms with Crippen LogP contribution in [0.3, 0.4) is 0 Å². The first-order valence-electron chi connectivity index (χ1n) is 5.81. The summed E-state index contributed by atoms with van der Waals surface area (Å²) in [6.45, 7) is 0.322. The Morgan fingerprint density at radius 3 is 2.63 bits per heavy atom. The van der Waals surface area contributed by atoms with Gasteiger partial charge in [0.05, 0.1) is 11.1 Å². The zero-order valence-corrected chi connectivity index (χ0v) is 11.9. The number of amides is 2. The van der Waals surface area contributed by atoms with Crippen molar-refractivity contribution in [2.75, 3.05) is 31.6 Å². The molecule has 106 valence electrons. The second-order valence-electron chi connectivity index (χ2n) is 3.85. The highest BCUT2D eigenvalue weighted by Gasteiger charge is 2.13.